The Labute approximate surface area is 172 Å². The molecule has 0 amide bonds. The van der Waals surface area contributed by atoms with Crippen molar-refractivity contribution in [3.63, 3.8) is 0 Å². The van der Waals surface area contributed by atoms with Crippen molar-refractivity contribution >= 4 is 0 Å². The minimum absolute atomic E-state index is 0.351. The minimum Gasteiger partial charge on any atom is -0.346 e. The molecule has 0 fully saturated rings. The second-order valence-corrected chi connectivity index (χ2v) is 8.25. The first-order valence-electron chi connectivity index (χ1n) is 10.3. The van der Waals surface area contributed by atoms with E-state index in [4.69, 9.17) is 0 Å². The van der Waals surface area contributed by atoms with Crippen LogP contribution in [0.15, 0.2) is 60.8 Å². The fourth-order valence-electron chi connectivity index (χ4n) is 3.54. The second-order valence-electron chi connectivity index (χ2n) is 8.25. The molecule has 3 aromatic rings. The topological polar surface area (TPSA) is 8.17 Å². The number of aryl methyl sites for hydroxylation is 1. The predicted octanol–water partition coefficient (Wildman–Crippen LogP) is 6.17. The molecule has 1 aromatic heterocycles. The standard InChI is InChI=1S/C25H30F2N2/c1-19(2)11-13-28(17-22-15-23(26)9-10-25(22)27)18-24-8-5-12-29(24)16-21-7-4-6-20(3)14-21/h4-10,12,14-15,19H,11,13,16-18H2,1-3H3. The molecule has 29 heavy (non-hydrogen) atoms. The quantitative estimate of drug-likeness (QED) is 0.420. The molecule has 0 atom stereocenters. The lowest BCUT2D eigenvalue weighted by molar-refractivity contribution is 0.232. The Balaban J connectivity index is 1.77. The average Bonchev–Trinajstić information content (AvgIpc) is 3.09. The smallest absolute Gasteiger partial charge is 0.127 e. The number of aromatic nitrogens is 1. The van der Waals surface area contributed by atoms with Crippen molar-refractivity contribution < 1.29 is 8.78 Å². The summed E-state index contributed by atoms with van der Waals surface area (Å²) in [6, 6.07) is 16.4. The number of hydrogen-bond donors (Lipinski definition) is 0. The highest BCUT2D eigenvalue weighted by Crippen LogP contribution is 2.18. The van der Waals surface area contributed by atoms with Crippen molar-refractivity contribution in [1.82, 2.24) is 9.47 Å². The lowest BCUT2D eigenvalue weighted by atomic mass is 10.1. The summed E-state index contributed by atoms with van der Waals surface area (Å²) < 4.78 is 30.1. The Bertz CT molecular complexity index is 930. The third-order valence-corrected chi connectivity index (χ3v) is 5.17. The van der Waals surface area contributed by atoms with Gasteiger partial charge in [0.05, 0.1) is 0 Å². The largest absolute Gasteiger partial charge is 0.346 e. The lowest BCUT2D eigenvalue weighted by Crippen LogP contribution is -2.27. The van der Waals surface area contributed by atoms with Crippen molar-refractivity contribution in [3.05, 3.63) is 94.8 Å². The molecule has 0 aliphatic carbocycles. The third kappa shape index (κ3) is 6.26. The third-order valence-electron chi connectivity index (χ3n) is 5.17. The molecule has 3 rings (SSSR count). The second kappa shape index (κ2) is 9.84. The Morgan fingerprint density at radius 1 is 0.966 bits per heavy atom. The molecule has 1 heterocycles. The van der Waals surface area contributed by atoms with Gasteiger partial charge in [0.2, 0.25) is 0 Å². The highest BCUT2D eigenvalue weighted by Gasteiger charge is 2.14. The summed E-state index contributed by atoms with van der Waals surface area (Å²) >= 11 is 0. The molecular formula is C25H30F2N2. The molecule has 0 N–H and O–H groups in total. The van der Waals surface area contributed by atoms with E-state index in [1.807, 2.05) is 0 Å². The van der Waals surface area contributed by atoms with Gasteiger partial charge >= 0.3 is 0 Å². The molecule has 154 valence electrons. The maximum absolute atomic E-state index is 14.2. The van der Waals surface area contributed by atoms with Gasteiger partial charge in [-0.05, 0) is 61.7 Å². The van der Waals surface area contributed by atoms with Gasteiger partial charge in [-0.1, -0.05) is 43.7 Å². The Morgan fingerprint density at radius 2 is 1.79 bits per heavy atom. The summed E-state index contributed by atoms with van der Waals surface area (Å²) in [6.45, 7) is 9.19. The summed E-state index contributed by atoms with van der Waals surface area (Å²) in [5, 5.41) is 0. The van der Waals surface area contributed by atoms with E-state index in [0.717, 1.165) is 19.5 Å². The van der Waals surface area contributed by atoms with Crippen LogP contribution in [0.25, 0.3) is 0 Å². The predicted molar refractivity (Wildman–Crippen MR) is 115 cm³/mol. The summed E-state index contributed by atoms with van der Waals surface area (Å²) in [4.78, 5) is 2.21. The zero-order chi connectivity index (χ0) is 20.8. The van der Waals surface area contributed by atoms with Crippen LogP contribution in [-0.2, 0) is 19.6 Å². The molecule has 2 nitrogen and oxygen atoms in total. The first-order valence-corrected chi connectivity index (χ1v) is 10.3. The van der Waals surface area contributed by atoms with Gasteiger partial charge in [0, 0.05) is 37.1 Å². The van der Waals surface area contributed by atoms with E-state index in [1.54, 1.807) is 0 Å². The van der Waals surface area contributed by atoms with Crippen LogP contribution in [0.1, 0.15) is 42.7 Å². The summed E-state index contributed by atoms with van der Waals surface area (Å²) in [5.41, 5.74) is 4.08. The highest BCUT2D eigenvalue weighted by atomic mass is 19.1. The van der Waals surface area contributed by atoms with E-state index >= 15 is 0 Å². The van der Waals surface area contributed by atoms with Gasteiger partial charge in [-0.15, -0.1) is 0 Å². The zero-order valence-electron chi connectivity index (χ0n) is 17.5. The molecule has 2 aromatic carbocycles. The number of nitrogens with zero attached hydrogens (tertiary/aromatic N) is 2. The van der Waals surface area contributed by atoms with Crippen LogP contribution in [0.3, 0.4) is 0 Å². The molecular weight excluding hydrogens is 366 g/mol. The van der Waals surface area contributed by atoms with E-state index < -0.39 is 5.82 Å². The summed E-state index contributed by atoms with van der Waals surface area (Å²) in [7, 11) is 0. The highest BCUT2D eigenvalue weighted by molar-refractivity contribution is 5.24. The first kappa shape index (κ1) is 21.3. The maximum atomic E-state index is 14.2. The number of hydrogen-bond acceptors (Lipinski definition) is 1. The molecule has 0 radical (unpaired) electrons. The zero-order valence-corrected chi connectivity index (χ0v) is 17.5. The van der Waals surface area contributed by atoms with Crippen molar-refractivity contribution in [2.24, 2.45) is 5.92 Å². The molecule has 0 saturated heterocycles. The summed E-state index contributed by atoms with van der Waals surface area (Å²) in [6.07, 6.45) is 3.09. The molecule has 0 spiro atoms. The Kier molecular flexibility index (Phi) is 7.21. The van der Waals surface area contributed by atoms with E-state index in [1.165, 1.54) is 35.0 Å². The van der Waals surface area contributed by atoms with Crippen LogP contribution in [-0.4, -0.2) is 16.0 Å². The number of benzene rings is 2. The van der Waals surface area contributed by atoms with Crippen molar-refractivity contribution in [3.8, 4) is 0 Å². The minimum atomic E-state index is -0.395. The van der Waals surface area contributed by atoms with Gasteiger partial charge in [-0.2, -0.15) is 0 Å². The SMILES string of the molecule is Cc1cccc(Cn2cccc2CN(CCC(C)C)Cc2cc(F)ccc2F)c1. The molecule has 0 unspecified atom stereocenters. The lowest BCUT2D eigenvalue weighted by Gasteiger charge is -2.24. The van der Waals surface area contributed by atoms with Gasteiger partial charge in [0.15, 0.2) is 0 Å². The average molecular weight is 397 g/mol. The fourth-order valence-corrected chi connectivity index (χ4v) is 3.54. The molecule has 0 aliphatic rings. The van der Waals surface area contributed by atoms with E-state index in [0.29, 0.717) is 24.6 Å². The van der Waals surface area contributed by atoms with Gasteiger partial charge in [-0.25, -0.2) is 8.78 Å². The number of halogens is 2. The first-order chi connectivity index (χ1) is 13.9. The van der Waals surface area contributed by atoms with Crippen LogP contribution in [0.5, 0.6) is 0 Å². The van der Waals surface area contributed by atoms with E-state index in [9.17, 15) is 8.78 Å². The van der Waals surface area contributed by atoms with E-state index in [-0.39, 0.29) is 5.82 Å². The van der Waals surface area contributed by atoms with Gasteiger partial charge in [0.1, 0.15) is 11.6 Å². The number of rotatable bonds is 9. The molecule has 0 bridgehead atoms. The Morgan fingerprint density at radius 3 is 2.55 bits per heavy atom. The van der Waals surface area contributed by atoms with Crippen molar-refractivity contribution in [2.75, 3.05) is 6.54 Å². The van der Waals surface area contributed by atoms with Crippen molar-refractivity contribution in [1.29, 1.82) is 0 Å². The monoisotopic (exact) mass is 396 g/mol. The van der Waals surface area contributed by atoms with Crippen LogP contribution in [0.2, 0.25) is 0 Å². The van der Waals surface area contributed by atoms with Gasteiger partial charge in [-0.3, -0.25) is 4.90 Å². The van der Waals surface area contributed by atoms with Crippen LogP contribution in [0, 0.1) is 24.5 Å². The maximum Gasteiger partial charge on any atom is 0.127 e. The molecule has 0 aliphatic heterocycles. The van der Waals surface area contributed by atoms with Gasteiger partial charge in [0.25, 0.3) is 0 Å². The Hall–Kier alpha value is -2.46. The van der Waals surface area contributed by atoms with Crippen LogP contribution < -0.4 is 0 Å². The molecule has 0 saturated carbocycles. The van der Waals surface area contributed by atoms with Crippen LogP contribution >= 0.6 is 0 Å². The summed E-state index contributed by atoms with van der Waals surface area (Å²) in [5.74, 6) is -0.196. The molecule has 4 heteroatoms. The van der Waals surface area contributed by atoms with Gasteiger partial charge < -0.3 is 4.57 Å². The fraction of sp³-hybridized carbons (Fsp3) is 0.360. The van der Waals surface area contributed by atoms with Crippen LogP contribution in [0.4, 0.5) is 8.78 Å². The normalized spacial score (nSPS) is 11.6. The van der Waals surface area contributed by atoms with E-state index in [2.05, 4.69) is 72.8 Å². The van der Waals surface area contributed by atoms with Crippen molar-refractivity contribution in [2.45, 2.75) is 46.8 Å².